The van der Waals surface area contributed by atoms with Crippen LogP contribution >= 0.6 is 0 Å². The Morgan fingerprint density at radius 1 is 1.25 bits per heavy atom. The summed E-state index contributed by atoms with van der Waals surface area (Å²) >= 11 is 0. The number of hydrazine groups is 1. The number of carbonyl (C=O) groups is 1. The van der Waals surface area contributed by atoms with E-state index < -0.39 is 10.1 Å². The number of benzene rings is 1. The zero-order valence-corrected chi connectivity index (χ0v) is 16.0. The summed E-state index contributed by atoms with van der Waals surface area (Å²) in [6, 6.07) is 5.99. The third-order valence-corrected chi connectivity index (χ3v) is 4.20. The summed E-state index contributed by atoms with van der Waals surface area (Å²) in [5, 5.41) is 0. The van der Waals surface area contributed by atoms with Crippen LogP contribution in [-0.4, -0.2) is 18.9 Å². The first-order chi connectivity index (χ1) is 10.9. The van der Waals surface area contributed by atoms with Crippen LogP contribution in [0.1, 0.15) is 52.5 Å². The first-order valence-electron chi connectivity index (χ1n) is 7.95. The molecule has 138 valence electrons. The van der Waals surface area contributed by atoms with E-state index in [4.69, 9.17) is 10.4 Å². The summed E-state index contributed by atoms with van der Waals surface area (Å²) in [7, 11) is -4.02. The summed E-state index contributed by atoms with van der Waals surface area (Å²) in [6.45, 7) is 10.3. The molecule has 0 bridgehead atoms. The van der Waals surface area contributed by atoms with Crippen LogP contribution in [0.4, 0.5) is 0 Å². The van der Waals surface area contributed by atoms with Crippen LogP contribution in [0.2, 0.25) is 0 Å². The minimum absolute atomic E-state index is 0.0308. The molecule has 0 aliphatic heterocycles. The molecule has 1 atom stereocenters. The van der Waals surface area contributed by atoms with Crippen molar-refractivity contribution < 1.29 is 17.8 Å². The molecule has 7 heteroatoms. The molecule has 1 aromatic carbocycles. The molecule has 0 spiro atoms. The largest absolute Gasteiger partial charge is 0.294 e. The molecule has 0 heterocycles. The number of hydrogen-bond acceptors (Lipinski definition) is 4. The fraction of sp³-hybridized carbons (Fsp3) is 0.588. The number of amides is 1. The normalized spacial score (nSPS) is 12.8. The van der Waals surface area contributed by atoms with Crippen molar-refractivity contribution >= 4 is 16.0 Å². The molecule has 0 aliphatic rings. The Kier molecular flexibility index (Phi) is 9.17. The van der Waals surface area contributed by atoms with Crippen molar-refractivity contribution in [2.45, 2.75) is 58.8 Å². The minimum atomic E-state index is -4.02. The molecule has 24 heavy (non-hydrogen) atoms. The number of rotatable bonds is 5. The predicted octanol–water partition coefficient (Wildman–Crippen LogP) is 3.07. The van der Waals surface area contributed by atoms with Crippen LogP contribution in [0, 0.1) is 18.3 Å². The van der Waals surface area contributed by atoms with Gasteiger partial charge in [-0.1, -0.05) is 51.8 Å². The average Bonchev–Trinajstić information content (AvgIpc) is 2.45. The van der Waals surface area contributed by atoms with Crippen molar-refractivity contribution in [1.82, 2.24) is 5.43 Å². The van der Waals surface area contributed by atoms with Gasteiger partial charge in [0.15, 0.2) is 0 Å². The van der Waals surface area contributed by atoms with E-state index in [0.29, 0.717) is 0 Å². The van der Waals surface area contributed by atoms with Gasteiger partial charge in [-0.2, -0.15) is 8.42 Å². The van der Waals surface area contributed by atoms with Gasteiger partial charge in [-0.15, -0.1) is 0 Å². The van der Waals surface area contributed by atoms with E-state index in [1.54, 1.807) is 12.1 Å². The molecule has 6 nitrogen and oxygen atoms in total. The van der Waals surface area contributed by atoms with Gasteiger partial charge in [0.2, 0.25) is 5.91 Å². The Labute approximate surface area is 145 Å². The number of nitrogens with one attached hydrogen (secondary N) is 1. The standard InChI is InChI=1S/C10H22N2O.C7H8O3S/c1-5-6-8(9(13)12-11)7-10(2,3)4;1-6-2-4-7(5-3-6)11(8,9)10/h8H,5-7,11H2,1-4H3,(H,12,13);2-5H,1H3,(H,8,9,10). The maximum atomic E-state index is 11.3. The second kappa shape index (κ2) is 9.76. The van der Waals surface area contributed by atoms with Crippen LogP contribution in [0.15, 0.2) is 29.2 Å². The van der Waals surface area contributed by atoms with Gasteiger partial charge in [0.1, 0.15) is 0 Å². The van der Waals surface area contributed by atoms with Gasteiger partial charge in [0.25, 0.3) is 10.1 Å². The average molecular weight is 359 g/mol. The van der Waals surface area contributed by atoms with E-state index >= 15 is 0 Å². The van der Waals surface area contributed by atoms with E-state index in [0.717, 1.165) is 24.8 Å². The molecule has 0 aromatic heterocycles. The molecule has 0 fully saturated rings. The third-order valence-electron chi connectivity index (χ3n) is 3.33. The van der Waals surface area contributed by atoms with Gasteiger partial charge in [-0.05, 0) is 37.3 Å². The molecule has 0 saturated heterocycles. The van der Waals surface area contributed by atoms with Crippen molar-refractivity contribution in [2.75, 3.05) is 0 Å². The molecule has 1 aromatic rings. The second-order valence-electron chi connectivity index (χ2n) is 7.05. The Morgan fingerprint density at radius 3 is 2.08 bits per heavy atom. The van der Waals surface area contributed by atoms with Gasteiger partial charge in [-0.25, -0.2) is 5.84 Å². The van der Waals surface area contributed by atoms with Crippen LogP contribution in [-0.2, 0) is 14.9 Å². The van der Waals surface area contributed by atoms with Crippen LogP contribution in [0.3, 0.4) is 0 Å². The lowest BCUT2D eigenvalue weighted by Gasteiger charge is -2.24. The lowest BCUT2D eigenvalue weighted by atomic mass is 9.82. The highest BCUT2D eigenvalue weighted by atomic mass is 32.2. The molecule has 1 rings (SSSR count). The monoisotopic (exact) mass is 358 g/mol. The lowest BCUT2D eigenvalue weighted by Crippen LogP contribution is -2.37. The van der Waals surface area contributed by atoms with Gasteiger partial charge in [0.05, 0.1) is 4.90 Å². The zero-order chi connectivity index (χ0) is 19.0. The first kappa shape index (κ1) is 22.6. The maximum absolute atomic E-state index is 11.3. The van der Waals surface area contributed by atoms with Crippen LogP contribution in [0.5, 0.6) is 0 Å². The molecule has 1 unspecified atom stereocenters. The summed E-state index contributed by atoms with van der Waals surface area (Å²) in [5.41, 5.74) is 3.38. The Hall–Kier alpha value is -1.44. The van der Waals surface area contributed by atoms with Gasteiger partial charge < -0.3 is 0 Å². The van der Waals surface area contributed by atoms with E-state index in [1.165, 1.54) is 12.1 Å². The lowest BCUT2D eigenvalue weighted by molar-refractivity contribution is -0.126. The van der Waals surface area contributed by atoms with E-state index in [1.807, 2.05) is 6.92 Å². The van der Waals surface area contributed by atoms with E-state index in [9.17, 15) is 13.2 Å². The highest BCUT2D eigenvalue weighted by Crippen LogP contribution is 2.27. The smallest absolute Gasteiger partial charge is 0.294 e. The maximum Gasteiger partial charge on any atom is 0.294 e. The van der Waals surface area contributed by atoms with Gasteiger partial charge >= 0.3 is 0 Å². The molecule has 0 radical (unpaired) electrons. The third kappa shape index (κ3) is 9.64. The Balaban J connectivity index is 0.000000446. The zero-order valence-electron chi connectivity index (χ0n) is 15.2. The van der Waals surface area contributed by atoms with Crippen molar-refractivity contribution in [3.8, 4) is 0 Å². The SMILES string of the molecule is CCCC(CC(C)(C)C)C(=O)NN.Cc1ccc(S(=O)(=O)O)cc1. The van der Waals surface area contributed by atoms with E-state index in [2.05, 4.69) is 33.1 Å². The highest BCUT2D eigenvalue weighted by molar-refractivity contribution is 7.85. The fourth-order valence-corrected chi connectivity index (χ4v) is 2.72. The predicted molar refractivity (Wildman–Crippen MR) is 95.8 cm³/mol. The molecule has 4 N–H and O–H groups in total. The van der Waals surface area contributed by atoms with Crippen molar-refractivity contribution in [2.24, 2.45) is 17.2 Å². The molecular weight excluding hydrogens is 328 g/mol. The van der Waals surface area contributed by atoms with Crippen LogP contribution < -0.4 is 11.3 Å². The van der Waals surface area contributed by atoms with Gasteiger partial charge in [0, 0.05) is 5.92 Å². The summed E-state index contributed by atoms with van der Waals surface area (Å²) in [5.74, 6) is 5.16. The molecular formula is C17H30N2O4S. The number of carbonyl (C=O) groups excluding carboxylic acids is 1. The van der Waals surface area contributed by atoms with Crippen molar-refractivity contribution in [3.05, 3.63) is 29.8 Å². The van der Waals surface area contributed by atoms with Crippen molar-refractivity contribution in [3.63, 3.8) is 0 Å². The number of hydrogen-bond donors (Lipinski definition) is 3. The Morgan fingerprint density at radius 2 is 1.75 bits per heavy atom. The molecule has 1 amide bonds. The van der Waals surface area contributed by atoms with E-state index in [-0.39, 0.29) is 22.1 Å². The van der Waals surface area contributed by atoms with Crippen molar-refractivity contribution in [1.29, 1.82) is 0 Å². The van der Waals surface area contributed by atoms with Gasteiger partial charge in [-0.3, -0.25) is 14.8 Å². The second-order valence-corrected chi connectivity index (χ2v) is 8.47. The fourth-order valence-electron chi connectivity index (χ4n) is 2.24. The molecule has 0 aliphatic carbocycles. The topological polar surface area (TPSA) is 109 Å². The number of aryl methyl sites for hydroxylation is 1. The minimum Gasteiger partial charge on any atom is -0.294 e. The summed E-state index contributed by atoms with van der Waals surface area (Å²) in [4.78, 5) is 11.3. The summed E-state index contributed by atoms with van der Waals surface area (Å²) < 4.78 is 29.6. The van der Waals surface area contributed by atoms with Crippen LogP contribution in [0.25, 0.3) is 0 Å². The number of nitrogens with two attached hydrogens (primary N) is 1. The summed E-state index contributed by atoms with van der Waals surface area (Å²) in [6.07, 6.45) is 2.83. The molecule has 0 saturated carbocycles. The first-order valence-corrected chi connectivity index (χ1v) is 9.39. The quantitative estimate of drug-likeness (QED) is 0.324. The highest BCUT2D eigenvalue weighted by Gasteiger charge is 2.23. The Bertz CT molecular complexity index is 604.